The average molecular weight is 371 g/mol. The second kappa shape index (κ2) is 5.81. The molecule has 6 rings (SSSR count). The summed E-state index contributed by atoms with van der Waals surface area (Å²) >= 11 is 0. The lowest BCUT2D eigenvalue weighted by atomic mass is 9.54. The maximum absolute atomic E-state index is 12.8. The van der Waals surface area contributed by atoms with Crippen LogP contribution in [0.5, 0.6) is 0 Å². The molecule has 0 unspecified atom stereocenters. The second-order valence-corrected chi connectivity index (χ2v) is 8.77. The largest absolute Gasteiger partial charge is 0.351 e. The molecule has 1 amide bonds. The van der Waals surface area contributed by atoms with Crippen molar-refractivity contribution in [2.45, 2.75) is 44.7 Å². The van der Waals surface area contributed by atoms with E-state index in [1.165, 1.54) is 50.0 Å². The third-order valence-corrected chi connectivity index (χ3v) is 7.09. The molecule has 1 N–H and O–H groups in total. The van der Waals surface area contributed by atoms with Crippen molar-refractivity contribution < 1.29 is 4.79 Å². The van der Waals surface area contributed by atoms with Gasteiger partial charge in [-0.05, 0) is 55.8 Å². The van der Waals surface area contributed by atoms with E-state index in [9.17, 15) is 14.4 Å². The zero-order valence-corrected chi connectivity index (χ0v) is 15.7. The standard InChI is InChI=1S/C19H25N5O3/c1-22-17-16(18(26)23(2)19(22)27)24(9-20-17)8-14(25)21-15-12-4-10-3-11(6-12)7-13(15)5-10/h9-13,15H,3-8H2,1-2H3,(H,21,25). The molecule has 0 radical (unpaired) electrons. The molecule has 8 nitrogen and oxygen atoms in total. The highest BCUT2D eigenvalue weighted by Crippen LogP contribution is 2.53. The molecular formula is C19H25N5O3. The monoisotopic (exact) mass is 371 g/mol. The van der Waals surface area contributed by atoms with Crippen molar-refractivity contribution >= 4 is 17.1 Å². The van der Waals surface area contributed by atoms with Crippen LogP contribution in [0.3, 0.4) is 0 Å². The van der Waals surface area contributed by atoms with Crippen LogP contribution in [-0.4, -0.2) is 30.6 Å². The first-order valence-corrected chi connectivity index (χ1v) is 9.82. The van der Waals surface area contributed by atoms with Gasteiger partial charge in [-0.3, -0.25) is 18.7 Å². The maximum Gasteiger partial charge on any atom is 0.332 e. The topological polar surface area (TPSA) is 90.9 Å². The van der Waals surface area contributed by atoms with Gasteiger partial charge in [-0.15, -0.1) is 0 Å². The van der Waals surface area contributed by atoms with Gasteiger partial charge in [0.25, 0.3) is 5.56 Å². The first-order chi connectivity index (χ1) is 12.9. The van der Waals surface area contributed by atoms with E-state index in [0.717, 1.165) is 16.4 Å². The normalized spacial score (nSPS) is 31.6. The Morgan fingerprint density at radius 1 is 1.07 bits per heavy atom. The predicted molar refractivity (Wildman–Crippen MR) is 99.2 cm³/mol. The Kier molecular flexibility index (Phi) is 3.61. The van der Waals surface area contributed by atoms with Gasteiger partial charge in [-0.1, -0.05) is 0 Å². The molecule has 4 bridgehead atoms. The molecule has 2 heterocycles. The summed E-state index contributed by atoms with van der Waals surface area (Å²) in [5.74, 6) is 2.87. The van der Waals surface area contributed by atoms with E-state index in [-0.39, 0.29) is 18.5 Å². The SMILES string of the molecule is Cn1c(=O)c2c(ncn2CC(=O)NC2C3CC4CC(C3)CC2C4)n(C)c1=O. The molecule has 0 aliphatic heterocycles. The van der Waals surface area contributed by atoms with Crippen LogP contribution in [-0.2, 0) is 25.4 Å². The Hall–Kier alpha value is -2.38. The van der Waals surface area contributed by atoms with Crippen molar-refractivity contribution in [3.63, 3.8) is 0 Å². The summed E-state index contributed by atoms with van der Waals surface area (Å²) in [5.41, 5.74) is -0.242. The van der Waals surface area contributed by atoms with Crippen LogP contribution in [0.2, 0.25) is 0 Å². The van der Waals surface area contributed by atoms with Crippen molar-refractivity contribution in [1.29, 1.82) is 0 Å². The molecule has 0 saturated heterocycles. The molecule has 2 aromatic rings. The molecule has 4 saturated carbocycles. The van der Waals surface area contributed by atoms with Crippen molar-refractivity contribution in [3.05, 3.63) is 27.2 Å². The van der Waals surface area contributed by atoms with Crippen LogP contribution in [0.15, 0.2) is 15.9 Å². The number of carbonyl (C=O) groups is 1. The molecule has 4 aliphatic carbocycles. The third-order valence-electron chi connectivity index (χ3n) is 7.09. The smallest absolute Gasteiger partial charge is 0.332 e. The summed E-state index contributed by atoms with van der Waals surface area (Å²) in [6.07, 6.45) is 7.84. The highest BCUT2D eigenvalue weighted by atomic mass is 16.2. The number of nitrogens with zero attached hydrogens (tertiary/aromatic N) is 4. The quantitative estimate of drug-likeness (QED) is 0.844. The number of hydrogen-bond donors (Lipinski definition) is 1. The van der Waals surface area contributed by atoms with Gasteiger partial charge in [-0.25, -0.2) is 9.78 Å². The summed E-state index contributed by atoms with van der Waals surface area (Å²) in [6.45, 7) is 0.0484. The molecule has 4 aliphatic rings. The van der Waals surface area contributed by atoms with E-state index in [4.69, 9.17) is 0 Å². The minimum atomic E-state index is -0.423. The fraction of sp³-hybridized carbons (Fsp3) is 0.684. The number of amides is 1. The summed E-state index contributed by atoms with van der Waals surface area (Å²) in [5, 5.41) is 3.26. The van der Waals surface area contributed by atoms with Crippen molar-refractivity contribution in [2.24, 2.45) is 37.8 Å². The summed E-state index contributed by atoms with van der Waals surface area (Å²) in [6, 6.07) is 0.271. The van der Waals surface area contributed by atoms with Gasteiger partial charge in [0.15, 0.2) is 11.2 Å². The molecule has 4 fully saturated rings. The van der Waals surface area contributed by atoms with E-state index in [0.29, 0.717) is 23.0 Å². The fourth-order valence-electron chi connectivity index (χ4n) is 6.06. The zero-order valence-electron chi connectivity index (χ0n) is 15.7. The molecule has 27 heavy (non-hydrogen) atoms. The lowest BCUT2D eigenvalue weighted by molar-refractivity contribution is -0.125. The van der Waals surface area contributed by atoms with Crippen molar-refractivity contribution in [1.82, 2.24) is 24.0 Å². The van der Waals surface area contributed by atoms with E-state index in [2.05, 4.69) is 10.3 Å². The van der Waals surface area contributed by atoms with E-state index in [1.807, 2.05) is 0 Å². The molecular weight excluding hydrogens is 346 g/mol. The summed E-state index contributed by atoms with van der Waals surface area (Å²) in [7, 11) is 3.02. The number of aromatic nitrogens is 4. The van der Waals surface area contributed by atoms with E-state index >= 15 is 0 Å². The third kappa shape index (κ3) is 2.49. The first-order valence-electron chi connectivity index (χ1n) is 9.82. The summed E-state index contributed by atoms with van der Waals surface area (Å²) < 4.78 is 3.95. The van der Waals surface area contributed by atoms with E-state index in [1.54, 1.807) is 11.6 Å². The Labute approximate surface area is 156 Å². The van der Waals surface area contributed by atoms with Gasteiger partial charge in [0, 0.05) is 20.1 Å². The lowest BCUT2D eigenvalue weighted by Crippen LogP contribution is -2.56. The number of fused-ring (bicyclic) bond motifs is 1. The van der Waals surface area contributed by atoms with Gasteiger partial charge in [-0.2, -0.15) is 0 Å². The van der Waals surface area contributed by atoms with Gasteiger partial charge >= 0.3 is 5.69 Å². The van der Waals surface area contributed by atoms with Gasteiger partial charge in [0.1, 0.15) is 6.54 Å². The number of nitrogens with one attached hydrogen (secondary N) is 1. The number of aryl methyl sites for hydroxylation is 1. The van der Waals surface area contributed by atoms with Gasteiger partial charge < -0.3 is 9.88 Å². The molecule has 0 aromatic carbocycles. The lowest BCUT2D eigenvalue weighted by Gasteiger charge is -2.54. The number of rotatable bonds is 3. The molecule has 2 aromatic heterocycles. The van der Waals surface area contributed by atoms with Gasteiger partial charge in [0.05, 0.1) is 6.33 Å². The number of hydrogen-bond acceptors (Lipinski definition) is 4. The minimum absolute atomic E-state index is 0.0484. The molecule has 144 valence electrons. The fourth-order valence-corrected chi connectivity index (χ4v) is 6.06. The van der Waals surface area contributed by atoms with Crippen LogP contribution < -0.4 is 16.6 Å². The Bertz CT molecular complexity index is 1020. The van der Waals surface area contributed by atoms with E-state index < -0.39 is 11.2 Å². The van der Waals surface area contributed by atoms with Crippen LogP contribution in [0.1, 0.15) is 32.1 Å². The minimum Gasteiger partial charge on any atom is -0.351 e. The number of imidazole rings is 1. The highest BCUT2D eigenvalue weighted by molar-refractivity contribution is 5.79. The van der Waals surface area contributed by atoms with Crippen LogP contribution in [0.25, 0.3) is 11.2 Å². The predicted octanol–water partition coefficient (Wildman–Crippen LogP) is 0.375. The molecule has 8 heteroatoms. The maximum atomic E-state index is 12.8. The van der Waals surface area contributed by atoms with Crippen LogP contribution in [0.4, 0.5) is 0 Å². The van der Waals surface area contributed by atoms with Gasteiger partial charge in [0.2, 0.25) is 5.91 Å². The summed E-state index contributed by atoms with van der Waals surface area (Å²) in [4.78, 5) is 41.5. The Morgan fingerprint density at radius 2 is 1.70 bits per heavy atom. The number of carbonyl (C=O) groups excluding carboxylic acids is 1. The van der Waals surface area contributed by atoms with Crippen LogP contribution in [0, 0.1) is 23.7 Å². The first kappa shape index (κ1) is 16.8. The molecule has 0 spiro atoms. The van der Waals surface area contributed by atoms with Crippen molar-refractivity contribution in [3.8, 4) is 0 Å². The second-order valence-electron chi connectivity index (χ2n) is 8.77. The van der Waals surface area contributed by atoms with Crippen molar-refractivity contribution in [2.75, 3.05) is 0 Å². The Morgan fingerprint density at radius 3 is 2.33 bits per heavy atom. The van der Waals surface area contributed by atoms with Crippen LogP contribution >= 0.6 is 0 Å². The highest BCUT2D eigenvalue weighted by Gasteiger charge is 2.48. The Balaban J connectivity index is 1.39. The zero-order chi connectivity index (χ0) is 18.9. The molecule has 0 atom stereocenters. The average Bonchev–Trinajstić information content (AvgIpc) is 3.04.